The topological polar surface area (TPSA) is 52.0 Å². The van der Waals surface area contributed by atoms with Crippen LogP contribution in [-0.4, -0.2) is 24.1 Å². The summed E-state index contributed by atoms with van der Waals surface area (Å²) in [6.45, 7) is 0. The first-order chi connectivity index (χ1) is 6.62. The van der Waals surface area contributed by atoms with Crippen molar-refractivity contribution in [2.45, 2.75) is 11.4 Å². The zero-order chi connectivity index (χ0) is 11.9. The molecule has 0 saturated heterocycles. The summed E-state index contributed by atoms with van der Waals surface area (Å²) < 4.78 is 60.0. The monoisotopic (exact) mass is 262 g/mol. The quantitative estimate of drug-likeness (QED) is 0.761. The highest BCUT2D eigenvalue weighted by Gasteiger charge is 2.50. The first kappa shape index (κ1) is 12.3. The molecule has 1 aromatic rings. The van der Waals surface area contributed by atoms with Crippen LogP contribution in [0.4, 0.5) is 13.2 Å². The summed E-state index contributed by atoms with van der Waals surface area (Å²) in [5.74, 6) is 0. The van der Waals surface area contributed by atoms with E-state index < -0.39 is 26.2 Å². The van der Waals surface area contributed by atoms with Crippen LogP contribution >= 0.6 is 10.7 Å². The van der Waals surface area contributed by atoms with E-state index in [1.54, 1.807) is 0 Å². The van der Waals surface area contributed by atoms with Crippen molar-refractivity contribution in [2.24, 2.45) is 7.05 Å². The summed E-state index contributed by atoms with van der Waals surface area (Å²) in [4.78, 5) is 3.33. The van der Waals surface area contributed by atoms with E-state index in [1.165, 1.54) is 11.6 Å². The Kier molecular flexibility index (Phi) is 3.01. The van der Waals surface area contributed by atoms with Crippen LogP contribution in [0.5, 0.6) is 0 Å². The molecule has 0 saturated carbocycles. The molecule has 0 N–H and O–H groups in total. The van der Waals surface area contributed by atoms with E-state index in [0.29, 0.717) is 0 Å². The van der Waals surface area contributed by atoms with Crippen molar-refractivity contribution in [3.63, 3.8) is 0 Å². The summed E-state index contributed by atoms with van der Waals surface area (Å²) in [5.41, 5.74) is -0.639. The van der Waals surface area contributed by atoms with Gasteiger partial charge in [-0.25, -0.2) is 13.4 Å². The van der Waals surface area contributed by atoms with Crippen LogP contribution in [0, 0.1) is 0 Å². The first-order valence-corrected chi connectivity index (χ1v) is 5.97. The smallest absolute Gasteiger partial charge is 0.340 e. The van der Waals surface area contributed by atoms with E-state index in [1.807, 2.05) is 0 Å². The minimum absolute atomic E-state index is 0.639. The third-order valence-electron chi connectivity index (χ3n) is 1.57. The van der Waals surface area contributed by atoms with Crippen molar-refractivity contribution in [1.29, 1.82) is 0 Å². The molecular weight excluding hydrogens is 257 g/mol. The fourth-order valence-electron chi connectivity index (χ4n) is 1.04. The van der Waals surface area contributed by atoms with E-state index in [2.05, 4.69) is 4.98 Å². The predicted molar refractivity (Wildman–Crippen MR) is 46.8 cm³/mol. The molecule has 86 valence electrons. The molecule has 0 aliphatic carbocycles. The van der Waals surface area contributed by atoms with Gasteiger partial charge in [-0.2, -0.15) is 13.2 Å². The Balaban J connectivity index is 3.26. The molecule has 15 heavy (non-hydrogen) atoms. The van der Waals surface area contributed by atoms with Gasteiger partial charge in [-0.15, -0.1) is 0 Å². The van der Waals surface area contributed by atoms with Crippen molar-refractivity contribution in [1.82, 2.24) is 9.55 Å². The number of rotatable bonds is 2. The maximum Gasteiger partial charge on any atom is 0.412 e. The second kappa shape index (κ2) is 3.67. The second-order valence-corrected chi connectivity index (χ2v) is 5.57. The Labute approximate surface area is 88.1 Å². The Morgan fingerprint density at radius 3 is 2.33 bits per heavy atom. The molecule has 0 aliphatic heterocycles. The number of aryl methyl sites for hydroxylation is 1. The molecular formula is C6H6ClF3N2O2S. The lowest BCUT2D eigenvalue weighted by atomic mass is 10.3. The third kappa shape index (κ3) is 2.85. The van der Waals surface area contributed by atoms with E-state index in [9.17, 15) is 21.6 Å². The molecule has 1 aromatic heterocycles. The van der Waals surface area contributed by atoms with Crippen molar-refractivity contribution < 1.29 is 21.6 Å². The van der Waals surface area contributed by atoms with Crippen molar-refractivity contribution in [3.05, 3.63) is 18.2 Å². The molecule has 0 aromatic carbocycles. The summed E-state index contributed by atoms with van der Waals surface area (Å²) in [7, 11) is 1.36. The molecule has 0 spiro atoms. The van der Waals surface area contributed by atoms with Gasteiger partial charge in [0, 0.05) is 23.9 Å². The molecule has 0 radical (unpaired) electrons. The Bertz CT molecular complexity index is 453. The van der Waals surface area contributed by atoms with E-state index in [4.69, 9.17) is 10.7 Å². The lowest BCUT2D eigenvalue weighted by Crippen LogP contribution is -2.26. The number of hydrogen-bond donors (Lipinski definition) is 0. The predicted octanol–water partition coefficient (Wildman–Crippen LogP) is 1.59. The van der Waals surface area contributed by atoms with Crippen molar-refractivity contribution in [2.75, 3.05) is 0 Å². The lowest BCUT2D eigenvalue weighted by Gasteiger charge is -2.14. The number of alkyl halides is 3. The maximum atomic E-state index is 12.4. The summed E-state index contributed by atoms with van der Waals surface area (Å²) >= 11 is 0. The number of aromatic nitrogens is 2. The van der Waals surface area contributed by atoms with E-state index in [-0.39, 0.29) is 0 Å². The van der Waals surface area contributed by atoms with Gasteiger partial charge in [-0.05, 0) is 0 Å². The lowest BCUT2D eigenvalue weighted by molar-refractivity contribution is -0.131. The van der Waals surface area contributed by atoms with Crippen LogP contribution in [0.25, 0.3) is 0 Å². The van der Waals surface area contributed by atoms with Gasteiger partial charge in [0.05, 0.1) is 12.0 Å². The summed E-state index contributed by atoms with van der Waals surface area (Å²) in [6, 6.07) is 0. The largest absolute Gasteiger partial charge is 0.412 e. The van der Waals surface area contributed by atoms with Gasteiger partial charge in [-0.1, -0.05) is 0 Å². The zero-order valence-corrected chi connectivity index (χ0v) is 8.94. The highest BCUT2D eigenvalue weighted by atomic mass is 35.7. The number of halogens is 4. The van der Waals surface area contributed by atoms with Gasteiger partial charge < -0.3 is 4.57 Å². The second-order valence-electron chi connectivity index (χ2n) is 2.86. The van der Waals surface area contributed by atoms with Crippen LogP contribution in [0.2, 0.25) is 0 Å². The Morgan fingerprint density at radius 1 is 1.53 bits per heavy atom. The number of imidazole rings is 1. The highest BCUT2D eigenvalue weighted by molar-refractivity contribution is 8.14. The minimum Gasteiger partial charge on any atom is -0.340 e. The molecule has 9 heteroatoms. The van der Waals surface area contributed by atoms with Crippen LogP contribution < -0.4 is 0 Å². The van der Waals surface area contributed by atoms with Gasteiger partial charge in [0.1, 0.15) is 0 Å². The Hall–Kier alpha value is -0.760. The fraction of sp³-hybridized carbons (Fsp3) is 0.500. The van der Waals surface area contributed by atoms with Crippen LogP contribution in [0.15, 0.2) is 12.5 Å². The Morgan fingerprint density at radius 2 is 2.07 bits per heavy atom. The molecule has 0 bridgehead atoms. The molecule has 4 nitrogen and oxygen atoms in total. The molecule has 1 unspecified atom stereocenters. The maximum absolute atomic E-state index is 12.4. The normalized spacial score (nSPS) is 15.3. The van der Waals surface area contributed by atoms with Crippen LogP contribution in [0.1, 0.15) is 10.9 Å². The van der Waals surface area contributed by atoms with Crippen molar-refractivity contribution in [3.8, 4) is 0 Å². The van der Waals surface area contributed by atoms with Gasteiger partial charge in [0.2, 0.25) is 14.3 Å². The SMILES string of the molecule is Cn1cnc(C(C(F)(F)F)S(=O)(=O)Cl)c1. The molecule has 0 fully saturated rings. The standard InChI is InChI=1S/C6H6ClF3N2O2S/c1-12-2-4(11-3-12)5(6(8,9)10)15(7,13)14/h2-3,5H,1H3. The van der Waals surface area contributed by atoms with Crippen molar-refractivity contribution >= 4 is 19.7 Å². The van der Waals surface area contributed by atoms with E-state index >= 15 is 0 Å². The van der Waals surface area contributed by atoms with Gasteiger partial charge in [0.15, 0.2) is 0 Å². The van der Waals surface area contributed by atoms with Crippen LogP contribution in [-0.2, 0) is 16.1 Å². The fourth-order valence-corrected chi connectivity index (χ4v) is 2.35. The summed E-state index contributed by atoms with van der Waals surface area (Å²) in [5, 5.41) is -2.78. The molecule has 1 atom stereocenters. The average Bonchev–Trinajstić information content (AvgIpc) is 2.28. The minimum atomic E-state index is -4.98. The molecule has 1 rings (SSSR count). The van der Waals surface area contributed by atoms with Gasteiger partial charge >= 0.3 is 6.18 Å². The first-order valence-electron chi connectivity index (χ1n) is 3.60. The highest BCUT2D eigenvalue weighted by Crippen LogP contribution is 2.39. The summed E-state index contributed by atoms with van der Waals surface area (Å²) in [6.07, 6.45) is -2.96. The van der Waals surface area contributed by atoms with Gasteiger partial charge in [-0.3, -0.25) is 0 Å². The zero-order valence-electron chi connectivity index (χ0n) is 7.36. The van der Waals surface area contributed by atoms with Crippen LogP contribution in [0.3, 0.4) is 0 Å². The number of hydrogen-bond acceptors (Lipinski definition) is 3. The molecule has 0 aliphatic rings. The van der Waals surface area contributed by atoms with E-state index in [0.717, 1.165) is 12.5 Å². The number of nitrogens with zero attached hydrogens (tertiary/aromatic N) is 2. The molecule has 1 heterocycles. The molecule has 0 amide bonds. The third-order valence-corrected chi connectivity index (χ3v) is 3.18. The average molecular weight is 263 g/mol. The van der Waals surface area contributed by atoms with Gasteiger partial charge in [0.25, 0.3) is 0 Å².